The predicted molar refractivity (Wildman–Crippen MR) is 120 cm³/mol. The molecule has 0 bridgehead atoms. The normalized spacial score (nSPS) is 10.7. The molecular weight excluding hydrogens is 423 g/mol. The molecule has 0 aliphatic rings. The molecule has 0 fully saturated rings. The molecule has 8 nitrogen and oxygen atoms in total. The van der Waals surface area contributed by atoms with Gasteiger partial charge in [-0.1, -0.05) is 12.1 Å². The van der Waals surface area contributed by atoms with Gasteiger partial charge in [-0.2, -0.15) is 10.4 Å². The van der Waals surface area contributed by atoms with E-state index in [4.69, 9.17) is 11.0 Å². The highest BCUT2D eigenvalue weighted by Gasteiger charge is 2.19. The van der Waals surface area contributed by atoms with Crippen molar-refractivity contribution in [2.75, 3.05) is 5.32 Å². The summed E-state index contributed by atoms with van der Waals surface area (Å²) in [6.07, 6.45) is 0. The number of amides is 2. The molecule has 0 spiro atoms. The van der Waals surface area contributed by atoms with Gasteiger partial charge < -0.3 is 11.1 Å². The number of pyridine rings is 1. The Morgan fingerprint density at radius 3 is 2.55 bits per heavy atom. The van der Waals surface area contributed by atoms with Crippen LogP contribution in [0.4, 0.5) is 10.1 Å². The highest BCUT2D eigenvalue weighted by molar-refractivity contribution is 6.14. The van der Waals surface area contributed by atoms with Crippen molar-refractivity contribution in [1.82, 2.24) is 14.8 Å². The molecule has 4 rings (SSSR count). The van der Waals surface area contributed by atoms with E-state index in [-0.39, 0.29) is 16.8 Å². The maximum absolute atomic E-state index is 13.7. The van der Waals surface area contributed by atoms with Crippen molar-refractivity contribution in [3.63, 3.8) is 0 Å². The summed E-state index contributed by atoms with van der Waals surface area (Å²) in [5, 5.41) is 16.7. The number of nitriles is 1. The Morgan fingerprint density at radius 1 is 1.15 bits per heavy atom. The molecule has 0 atom stereocenters. The fraction of sp³-hybridized carbons (Fsp3) is 0.125. The van der Waals surface area contributed by atoms with E-state index in [1.165, 1.54) is 18.2 Å². The van der Waals surface area contributed by atoms with Crippen molar-refractivity contribution in [3.05, 3.63) is 88.1 Å². The number of rotatable bonds is 5. The van der Waals surface area contributed by atoms with E-state index >= 15 is 0 Å². The van der Waals surface area contributed by atoms with Crippen LogP contribution in [-0.2, 0) is 6.54 Å². The van der Waals surface area contributed by atoms with E-state index in [0.717, 1.165) is 17.3 Å². The van der Waals surface area contributed by atoms with Gasteiger partial charge in [-0.15, -0.1) is 0 Å². The summed E-state index contributed by atoms with van der Waals surface area (Å²) < 4.78 is 15.4. The van der Waals surface area contributed by atoms with E-state index in [2.05, 4.69) is 21.5 Å². The first kappa shape index (κ1) is 21.6. The third-order valence-corrected chi connectivity index (χ3v) is 5.30. The van der Waals surface area contributed by atoms with Crippen molar-refractivity contribution >= 4 is 28.4 Å². The van der Waals surface area contributed by atoms with Crippen molar-refractivity contribution < 1.29 is 14.0 Å². The van der Waals surface area contributed by atoms with Gasteiger partial charge in [0.1, 0.15) is 11.5 Å². The molecule has 33 heavy (non-hydrogen) atoms. The van der Waals surface area contributed by atoms with Gasteiger partial charge in [-0.05, 0) is 49.7 Å². The van der Waals surface area contributed by atoms with Gasteiger partial charge in [0, 0.05) is 11.5 Å². The van der Waals surface area contributed by atoms with E-state index in [0.29, 0.717) is 28.9 Å². The summed E-state index contributed by atoms with van der Waals surface area (Å²) in [6.45, 7) is 4.05. The lowest BCUT2D eigenvalue weighted by atomic mass is 10.1. The Labute approximate surface area is 188 Å². The molecule has 164 valence electrons. The highest BCUT2D eigenvalue weighted by Crippen LogP contribution is 2.24. The molecule has 0 radical (unpaired) electrons. The molecule has 4 aromatic rings. The second-order valence-corrected chi connectivity index (χ2v) is 7.55. The number of nitrogens with two attached hydrogens (primary N) is 1. The van der Waals surface area contributed by atoms with Crippen molar-refractivity contribution in [3.8, 4) is 6.07 Å². The molecule has 0 aliphatic heterocycles. The minimum absolute atomic E-state index is 0.136. The Kier molecular flexibility index (Phi) is 5.58. The summed E-state index contributed by atoms with van der Waals surface area (Å²) in [6, 6.07) is 14.3. The Bertz CT molecular complexity index is 1450. The Morgan fingerprint density at radius 2 is 1.88 bits per heavy atom. The molecule has 2 aromatic heterocycles. The topological polar surface area (TPSA) is 127 Å². The standard InChI is InChI=1S/C24H19FN6O2/c1-13-22(14(2)31(30-13)12-16-5-3-15(11-26)4-6-16)29-24(33)19-10-21(23(27)32)28-20-9-17(25)7-8-18(19)20/h3-10H,12H2,1-2H3,(H2,27,32)(H,29,33). The van der Waals surface area contributed by atoms with E-state index in [1.807, 2.05) is 19.1 Å². The summed E-state index contributed by atoms with van der Waals surface area (Å²) in [5.74, 6) is -1.86. The summed E-state index contributed by atoms with van der Waals surface area (Å²) in [4.78, 5) is 28.9. The van der Waals surface area contributed by atoms with Crippen LogP contribution in [0.25, 0.3) is 10.9 Å². The number of carbonyl (C=O) groups excluding carboxylic acids is 2. The maximum Gasteiger partial charge on any atom is 0.267 e. The van der Waals surface area contributed by atoms with Gasteiger partial charge >= 0.3 is 0 Å². The Balaban J connectivity index is 1.67. The predicted octanol–water partition coefficient (Wildman–Crippen LogP) is 3.46. The average molecular weight is 442 g/mol. The number of anilines is 1. The number of hydrogen-bond acceptors (Lipinski definition) is 5. The zero-order valence-corrected chi connectivity index (χ0v) is 17.9. The molecule has 2 amide bonds. The molecule has 9 heteroatoms. The lowest BCUT2D eigenvalue weighted by Crippen LogP contribution is -2.18. The fourth-order valence-corrected chi connectivity index (χ4v) is 3.59. The maximum atomic E-state index is 13.7. The minimum atomic E-state index is -0.821. The quantitative estimate of drug-likeness (QED) is 0.489. The van der Waals surface area contributed by atoms with Gasteiger partial charge in [-0.25, -0.2) is 9.37 Å². The Hall–Kier alpha value is -4.58. The third-order valence-electron chi connectivity index (χ3n) is 5.30. The smallest absolute Gasteiger partial charge is 0.267 e. The molecule has 2 heterocycles. The van der Waals surface area contributed by atoms with E-state index in [9.17, 15) is 14.0 Å². The largest absolute Gasteiger partial charge is 0.364 e. The van der Waals surface area contributed by atoms with Crippen LogP contribution in [0.2, 0.25) is 0 Å². The van der Waals surface area contributed by atoms with Crippen LogP contribution in [-0.4, -0.2) is 26.6 Å². The van der Waals surface area contributed by atoms with Gasteiger partial charge in [0.05, 0.1) is 46.3 Å². The van der Waals surface area contributed by atoms with E-state index in [1.54, 1.807) is 23.7 Å². The zero-order valence-electron chi connectivity index (χ0n) is 17.9. The average Bonchev–Trinajstić information content (AvgIpc) is 3.05. The van der Waals surface area contributed by atoms with E-state index < -0.39 is 17.6 Å². The van der Waals surface area contributed by atoms with Gasteiger partial charge in [0.2, 0.25) is 0 Å². The van der Waals surface area contributed by atoms with Gasteiger partial charge in [0.25, 0.3) is 11.8 Å². The molecule has 0 unspecified atom stereocenters. The molecule has 2 aromatic carbocycles. The van der Waals surface area contributed by atoms with Crippen LogP contribution in [0.5, 0.6) is 0 Å². The number of halogens is 1. The van der Waals surface area contributed by atoms with Crippen LogP contribution in [0.3, 0.4) is 0 Å². The van der Waals surface area contributed by atoms with Crippen LogP contribution in [0.15, 0.2) is 48.5 Å². The van der Waals surface area contributed by atoms with Gasteiger partial charge in [-0.3, -0.25) is 14.3 Å². The number of fused-ring (bicyclic) bond motifs is 1. The first-order valence-electron chi connectivity index (χ1n) is 10.0. The number of benzene rings is 2. The molecule has 0 aliphatic carbocycles. The monoisotopic (exact) mass is 442 g/mol. The number of hydrogen-bond donors (Lipinski definition) is 2. The summed E-state index contributed by atoms with van der Waals surface area (Å²) in [5.41, 5.74) is 8.89. The number of aryl methyl sites for hydroxylation is 1. The molecule has 0 saturated carbocycles. The highest BCUT2D eigenvalue weighted by atomic mass is 19.1. The molecule has 0 saturated heterocycles. The third kappa shape index (κ3) is 4.27. The fourth-order valence-electron chi connectivity index (χ4n) is 3.59. The van der Waals surface area contributed by atoms with Crippen molar-refractivity contribution in [1.29, 1.82) is 5.26 Å². The van der Waals surface area contributed by atoms with Crippen LogP contribution < -0.4 is 11.1 Å². The number of nitrogens with zero attached hydrogens (tertiary/aromatic N) is 4. The first-order chi connectivity index (χ1) is 15.8. The summed E-state index contributed by atoms with van der Waals surface area (Å²) >= 11 is 0. The number of primary amides is 1. The van der Waals surface area contributed by atoms with Crippen LogP contribution in [0, 0.1) is 31.0 Å². The van der Waals surface area contributed by atoms with Gasteiger partial charge in [0.15, 0.2) is 0 Å². The number of carbonyl (C=O) groups is 2. The SMILES string of the molecule is Cc1nn(Cc2ccc(C#N)cc2)c(C)c1NC(=O)c1cc(C(N)=O)nc2cc(F)ccc12. The van der Waals surface area contributed by atoms with Crippen LogP contribution >= 0.6 is 0 Å². The lowest BCUT2D eigenvalue weighted by Gasteiger charge is -2.10. The second kappa shape index (κ2) is 8.51. The second-order valence-electron chi connectivity index (χ2n) is 7.55. The summed E-state index contributed by atoms with van der Waals surface area (Å²) in [7, 11) is 0. The molecular formula is C24H19FN6O2. The van der Waals surface area contributed by atoms with Crippen molar-refractivity contribution in [2.45, 2.75) is 20.4 Å². The lowest BCUT2D eigenvalue weighted by molar-refractivity contribution is 0.0996. The number of aromatic nitrogens is 3. The molecule has 3 N–H and O–H groups in total. The zero-order chi connectivity index (χ0) is 23.7. The number of nitrogens with one attached hydrogen (secondary N) is 1. The minimum Gasteiger partial charge on any atom is -0.364 e. The van der Waals surface area contributed by atoms with Crippen molar-refractivity contribution in [2.24, 2.45) is 5.73 Å². The first-order valence-corrected chi connectivity index (χ1v) is 10.0. The van der Waals surface area contributed by atoms with Crippen LogP contribution in [0.1, 0.15) is 43.4 Å².